The molecule has 1 aliphatic rings. The number of nitrogen functional groups attached to an aromatic ring is 1. The van der Waals surface area contributed by atoms with Gasteiger partial charge in [0.1, 0.15) is 11.4 Å². The maximum Gasteiger partial charge on any atom is 0.222 e. The molecule has 4 nitrogen and oxygen atoms in total. The zero-order valence-corrected chi connectivity index (χ0v) is 9.43. The molecule has 0 saturated heterocycles. The van der Waals surface area contributed by atoms with Crippen molar-refractivity contribution < 1.29 is 9.26 Å². The van der Waals surface area contributed by atoms with Gasteiger partial charge in [-0.3, -0.25) is 0 Å². The molecule has 1 fully saturated rings. The first-order valence-electron chi connectivity index (χ1n) is 5.80. The molecule has 1 heterocycles. The third-order valence-corrected chi connectivity index (χ3v) is 3.03. The van der Waals surface area contributed by atoms with Gasteiger partial charge in [0.25, 0.3) is 0 Å². The number of nitrogens with two attached hydrogens (primary N) is 1. The Morgan fingerprint density at radius 3 is 2.53 bits per heavy atom. The van der Waals surface area contributed by atoms with Crippen molar-refractivity contribution in [3.05, 3.63) is 30.3 Å². The van der Waals surface area contributed by atoms with Crippen LogP contribution in [0.2, 0.25) is 0 Å². The highest BCUT2D eigenvalue weighted by molar-refractivity contribution is 5.61. The van der Waals surface area contributed by atoms with Gasteiger partial charge < -0.3 is 15.0 Å². The van der Waals surface area contributed by atoms with Crippen LogP contribution in [-0.2, 0) is 0 Å². The van der Waals surface area contributed by atoms with E-state index in [0.717, 1.165) is 17.0 Å². The Morgan fingerprint density at radius 1 is 1.24 bits per heavy atom. The monoisotopic (exact) mass is 230 g/mol. The van der Waals surface area contributed by atoms with Gasteiger partial charge in [0.15, 0.2) is 0 Å². The highest BCUT2D eigenvalue weighted by atomic mass is 16.5. The fourth-order valence-corrected chi connectivity index (χ4v) is 1.81. The SMILES string of the molecule is Nc1cc(-c2ccc(OC3CCC3)cc2)no1. The van der Waals surface area contributed by atoms with Gasteiger partial charge in [0.2, 0.25) is 5.88 Å². The zero-order chi connectivity index (χ0) is 11.7. The minimum atomic E-state index is 0.329. The van der Waals surface area contributed by atoms with Crippen molar-refractivity contribution in [2.45, 2.75) is 25.4 Å². The van der Waals surface area contributed by atoms with Crippen molar-refractivity contribution in [2.24, 2.45) is 0 Å². The van der Waals surface area contributed by atoms with Crippen LogP contribution in [0.25, 0.3) is 11.3 Å². The number of ether oxygens (including phenoxy) is 1. The molecule has 1 aromatic carbocycles. The first kappa shape index (κ1) is 10.2. The molecule has 4 heteroatoms. The van der Waals surface area contributed by atoms with E-state index in [0.29, 0.717) is 12.0 Å². The minimum absolute atomic E-state index is 0.329. The maximum atomic E-state index is 5.78. The first-order valence-corrected chi connectivity index (χ1v) is 5.80. The molecule has 17 heavy (non-hydrogen) atoms. The van der Waals surface area contributed by atoms with E-state index in [-0.39, 0.29) is 0 Å². The van der Waals surface area contributed by atoms with E-state index in [1.165, 1.54) is 19.3 Å². The Morgan fingerprint density at radius 2 is 2.00 bits per heavy atom. The highest BCUT2D eigenvalue weighted by Gasteiger charge is 2.18. The number of anilines is 1. The Kier molecular flexibility index (Phi) is 2.48. The van der Waals surface area contributed by atoms with Crippen molar-refractivity contribution in [1.29, 1.82) is 0 Å². The third-order valence-electron chi connectivity index (χ3n) is 3.03. The van der Waals surface area contributed by atoms with E-state index in [2.05, 4.69) is 5.16 Å². The number of benzene rings is 1. The Bertz CT molecular complexity index is 500. The number of hydrogen-bond acceptors (Lipinski definition) is 4. The lowest BCUT2D eigenvalue weighted by molar-refractivity contribution is 0.120. The van der Waals surface area contributed by atoms with Crippen LogP contribution in [-0.4, -0.2) is 11.3 Å². The fraction of sp³-hybridized carbons (Fsp3) is 0.308. The molecule has 0 radical (unpaired) electrons. The van der Waals surface area contributed by atoms with Crippen LogP contribution in [0, 0.1) is 0 Å². The molecule has 1 aliphatic carbocycles. The van der Waals surface area contributed by atoms with Crippen molar-refractivity contribution in [3.63, 3.8) is 0 Å². The molecule has 0 aliphatic heterocycles. The van der Waals surface area contributed by atoms with Crippen molar-refractivity contribution in [2.75, 3.05) is 5.73 Å². The molecule has 0 spiro atoms. The lowest BCUT2D eigenvalue weighted by Crippen LogP contribution is -2.24. The number of rotatable bonds is 3. The highest BCUT2D eigenvalue weighted by Crippen LogP contribution is 2.27. The molecule has 3 rings (SSSR count). The molecule has 0 bridgehead atoms. The van der Waals surface area contributed by atoms with E-state index in [1.807, 2.05) is 24.3 Å². The summed E-state index contributed by atoms with van der Waals surface area (Å²) in [4.78, 5) is 0. The van der Waals surface area contributed by atoms with Gasteiger partial charge in [0, 0.05) is 11.6 Å². The van der Waals surface area contributed by atoms with E-state index >= 15 is 0 Å². The lowest BCUT2D eigenvalue weighted by atomic mass is 9.96. The van der Waals surface area contributed by atoms with Crippen molar-refractivity contribution in [1.82, 2.24) is 5.16 Å². The van der Waals surface area contributed by atoms with Crippen LogP contribution in [0.5, 0.6) is 5.75 Å². The van der Waals surface area contributed by atoms with Gasteiger partial charge in [-0.15, -0.1) is 0 Å². The van der Waals surface area contributed by atoms with Crippen LogP contribution in [0.15, 0.2) is 34.9 Å². The molecular formula is C13H14N2O2. The molecule has 2 N–H and O–H groups in total. The molecule has 88 valence electrons. The van der Waals surface area contributed by atoms with Gasteiger partial charge >= 0.3 is 0 Å². The van der Waals surface area contributed by atoms with Gasteiger partial charge in [-0.05, 0) is 43.5 Å². The summed E-state index contributed by atoms with van der Waals surface area (Å²) in [6.07, 6.45) is 4.02. The van der Waals surface area contributed by atoms with Gasteiger partial charge in [-0.1, -0.05) is 5.16 Å². The number of aromatic nitrogens is 1. The molecule has 0 amide bonds. The van der Waals surface area contributed by atoms with E-state index in [4.69, 9.17) is 15.0 Å². The summed E-state index contributed by atoms with van der Waals surface area (Å²) in [5.74, 6) is 1.24. The van der Waals surface area contributed by atoms with Crippen LogP contribution in [0.4, 0.5) is 5.88 Å². The molecule has 0 unspecified atom stereocenters. The number of hydrogen-bond donors (Lipinski definition) is 1. The average molecular weight is 230 g/mol. The summed E-state index contributed by atoms with van der Waals surface area (Å²) < 4.78 is 10.6. The largest absolute Gasteiger partial charge is 0.490 e. The van der Waals surface area contributed by atoms with Crippen LogP contribution >= 0.6 is 0 Å². The van der Waals surface area contributed by atoms with E-state index in [1.54, 1.807) is 6.07 Å². The summed E-state index contributed by atoms with van der Waals surface area (Å²) in [7, 11) is 0. The van der Waals surface area contributed by atoms with Crippen LogP contribution in [0.3, 0.4) is 0 Å². The first-order chi connectivity index (χ1) is 8.31. The zero-order valence-electron chi connectivity index (χ0n) is 9.43. The summed E-state index contributed by atoms with van der Waals surface area (Å²) in [6, 6.07) is 9.55. The summed E-state index contributed by atoms with van der Waals surface area (Å²) in [6.45, 7) is 0. The lowest BCUT2D eigenvalue weighted by Gasteiger charge is -2.26. The minimum Gasteiger partial charge on any atom is -0.490 e. The number of nitrogens with zero attached hydrogens (tertiary/aromatic N) is 1. The third kappa shape index (κ3) is 2.11. The normalized spacial score (nSPS) is 15.5. The molecule has 0 atom stereocenters. The molecular weight excluding hydrogens is 216 g/mol. The quantitative estimate of drug-likeness (QED) is 0.880. The van der Waals surface area contributed by atoms with Gasteiger partial charge in [-0.25, -0.2) is 0 Å². The Balaban J connectivity index is 1.75. The predicted molar refractivity (Wildman–Crippen MR) is 64.6 cm³/mol. The fourth-order valence-electron chi connectivity index (χ4n) is 1.81. The van der Waals surface area contributed by atoms with Crippen LogP contribution < -0.4 is 10.5 Å². The average Bonchev–Trinajstić information content (AvgIpc) is 2.71. The van der Waals surface area contributed by atoms with Gasteiger partial charge in [0.05, 0.1) is 6.10 Å². The molecule has 1 aromatic heterocycles. The van der Waals surface area contributed by atoms with Crippen LogP contribution in [0.1, 0.15) is 19.3 Å². The second-order valence-corrected chi connectivity index (χ2v) is 4.31. The Hall–Kier alpha value is -1.97. The topological polar surface area (TPSA) is 61.3 Å². The van der Waals surface area contributed by atoms with E-state index < -0.39 is 0 Å². The standard InChI is InChI=1S/C13H14N2O2/c14-13-8-12(15-17-13)9-4-6-11(7-5-9)16-10-2-1-3-10/h4-8,10H,1-3,14H2. The molecule has 1 saturated carbocycles. The van der Waals surface area contributed by atoms with Crippen molar-refractivity contribution >= 4 is 5.88 Å². The predicted octanol–water partition coefficient (Wildman–Crippen LogP) is 2.86. The smallest absolute Gasteiger partial charge is 0.222 e. The maximum absolute atomic E-state index is 5.78. The summed E-state index contributed by atoms with van der Waals surface area (Å²) in [5.41, 5.74) is 7.21. The Labute approximate surface area is 99.4 Å². The summed E-state index contributed by atoms with van der Waals surface area (Å²) in [5, 5.41) is 3.86. The van der Waals surface area contributed by atoms with Gasteiger partial charge in [-0.2, -0.15) is 0 Å². The summed E-state index contributed by atoms with van der Waals surface area (Å²) >= 11 is 0. The molecule has 2 aromatic rings. The van der Waals surface area contributed by atoms with E-state index in [9.17, 15) is 0 Å². The van der Waals surface area contributed by atoms with Crippen molar-refractivity contribution in [3.8, 4) is 17.0 Å². The second-order valence-electron chi connectivity index (χ2n) is 4.31. The second kappa shape index (κ2) is 4.13.